The maximum absolute atomic E-state index is 13.7. The molecule has 0 bridgehead atoms. The number of amides is 1. The molecule has 4 rings (SSSR count). The van der Waals surface area contributed by atoms with E-state index in [2.05, 4.69) is 11.4 Å². The summed E-state index contributed by atoms with van der Waals surface area (Å²) in [6.45, 7) is 0.455. The van der Waals surface area contributed by atoms with Crippen LogP contribution in [-0.4, -0.2) is 24.0 Å². The monoisotopic (exact) mass is 367 g/mol. The lowest BCUT2D eigenvalue weighted by Gasteiger charge is -2.36. The van der Waals surface area contributed by atoms with Gasteiger partial charge in [-0.05, 0) is 41.1 Å². The van der Waals surface area contributed by atoms with E-state index in [0.717, 1.165) is 12.0 Å². The molecule has 0 fully saturated rings. The normalized spacial score (nSPS) is 16.2. The molecule has 26 heavy (non-hydrogen) atoms. The van der Waals surface area contributed by atoms with Gasteiger partial charge in [0.25, 0.3) is 5.91 Å². The minimum Gasteiger partial charge on any atom is -0.481 e. The number of carbonyl (C=O) groups is 1. The number of para-hydroxylation sites is 1. The molecule has 2 aromatic carbocycles. The predicted molar refractivity (Wildman–Crippen MR) is 99.9 cm³/mol. The Hall–Kier alpha value is -2.66. The summed E-state index contributed by atoms with van der Waals surface area (Å²) in [5, 5.41) is 2.07. The van der Waals surface area contributed by atoms with Gasteiger partial charge in [0.05, 0.1) is 6.04 Å². The van der Waals surface area contributed by atoms with E-state index in [1.807, 2.05) is 35.2 Å². The zero-order valence-electron chi connectivity index (χ0n) is 14.1. The van der Waals surface area contributed by atoms with E-state index < -0.39 is 5.82 Å². The number of halogens is 1. The van der Waals surface area contributed by atoms with Crippen LogP contribution in [-0.2, 0) is 11.2 Å². The Balaban J connectivity index is 1.58. The fourth-order valence-corrected chi connectivity index (χ4v) is 4.27. The minimum absolute atomic E-state index is 0.102. The van der Waals surface area contributed by atoms with Crippen LogP contribution in [0.2, 0.25) is 0 Å². The van der Waals surface area contributed by atoms with Gasteiger partial charge < -0.3 is 9.64 Å². The molecule has 0 saturated heterocycles. The fourth-order valence-electron chi connectivity index (χ4n) is 3.36. The molecular formula is C21H18FNO2S. The lowest BCUT2D eigenvalue weighted by atomic mass is 9.93. The number of ether oxygens (including phenoxy) is 1. The molecule has 1 aliphatic heterocycles. The molecule has 0 N–H and O–H groups in total. The summed E-state index contributed by atoms with van der Waals surface area (Å²) in [6, 6.07) is 18.1. The van der Waals surface area contributed by atoms with Gasteiger partial charge in [-0.25, -0.2) is 4.39 Å². The van der Waals surface area contributed by atoms with Crippen molar-refractivity contribution in [3.8, 4) is 5.75 Å². The Bertz CT molecular complexity index is 909. The Morgan fingerprint density at radius 2 is 1.88 bits per heavy atom. The lowest BCUT2D eigenvalue weighted by Crippen LogP contribution is -2.42. The van der Waals surface area contributed by atoms with Crippen molar-refractivity contribution in [1.29, 1.82) is 0 Å². The van der Waals surface area contributed by atoms with Crippen molar-refractivity contribution in [3.05, 3.63) is 87.9 Å². The van der Waals surface area contributed by atoms with Gasteiger partial charge in [0.2, 0.25) is 0 Å². The van der Waals surface area contributed by atoms with Gasteiger partial charge in [-0.15, -0.1) is 11.3 Å². The number of thiophene rings is 1. The van der Waals surface area contributed by atoms with Gasteiger partial charge in [-0.2, -0.15) is 0 Å². The van der Waals surface area contributed by atoms with Gasteiger partial charge in [0.15, 0.2) is 18.2 Å². The Labute approximate surface area is 155 Å². The number of carbonyl (C=O) groups excluding carboxylic acids is 1. The van der Waals surface area contributed by atoms with Crippen LogP contribution in [0.5, 0.6) is 5.75 Å². The average Bonchev–Trinajstić information content (AvgIpc) is 3.16. The van der Waals surface area contributed by atoms with Crippen molar-refractivity contribution < 1.29 is 13.9 Å². The van der Waals surface area contributed by atoms with Crippen molar-refractivity contribution in [2.24, 2.45) is 0 Å². The number of benzene rings is 2. The Kier molecular flexibility index (Phi) is 4.71. The number of hydrogen-bond donors (Lipinski definition) is 0. The second kappa shape index (κ2) is 7.30. The van der Waals surface area contributed by atoms with Gasteiger partial charge >= 0.3 is 0 Å². The summed E-state index contributed by atoms with van der Waals surface area (Å²) in [4.78, 5) is 16.0. The Morgan fingerprint density at radius 3 is 2.69 bits per heavy atom. The first kappa shape index (κ1) is 16.8. The number of fused-ring (bicyclic) bond motifs is 1. The molecule has 2 heterocycles. The summed E-state index contributed by atoms with van der Waals surface area (Å²) >= 11 is 1.73. The molecule has 1 atom stereocenters. The molecule has 3 aromatic rings. The van der Waals surface area contributed by atoms with E-state index in [1.165, 1.54) is 22.6 Å². The zero-order valence-corrected chi connectivity index (χ0v) is 14.9. The summed E-state index contributed by atoms with van der Waals surface area (Å²) in [7, 11) is 0. The third-order valence-corrected chi connectivity index (χ3v) is 5.59. The van der Waals surface area contributed by atoms with Crippen molar-refractivity contribution in [2.75, 3.05) is 13.2 Å². The number of rotatable bonds is 4. The third-order valence-electron chi connectivity index (χ3n) is 4.59. The lowest BCUT2D eigenvalue weighted by molar-refractivity contribution is -0.135. The van der Waals surface area contributed by atoms with Crippen LogP contribution in [0.15, 0.2) is 66.0 Å². The molecular weight excluding hydrogens is 349 g/mol. The summed E-state index contributed by atoms with van der Waals surface area (Å²) in [6.07, 6.45) is 0.835. The summed E-state index contributed by atoms with van der Waals surface area (Å²) in [5.74, 6) is -0.497. The van der Waals surface area contributed by atoms with Crippen LogP contribution < -0.4 is 4.74 Å². The number of nitrogens with zero attached hydrogens (tertiary/aromatic N) is 1. The largest absolute Gasteiger partial charge is 0.481 e. The maximum Gasteiger partial charge on any atom is 0.261 e. The molecule has 5 heteroatoms. The van der Waals surface area contributed by atoms with Crippen molar-refractivity contribution in [2.45, 2.75) is 12.5 Å². The second-order valence-electron chi connectivity index (χ2n) is 6.17. The Morgan fingerprint density at radius 1 is 1.12 bits per heavy atom. The maximum atomic E-state index is 13.7. The standard InChI is InChI=1S/C21H18FNO2S/c22-17-8-4-5-9-18(17)25-14-20(24)23-12-10-19-16(11-13-26-19)21(23)15-6-2-1-3-7-15/h1-9,11,13,21H,10,12,14H2/t21-/m0/s1. The van der Waals surface area contributed by atoms with Crippen molar-refractivity contribution in [3.63, 3.8) is 0 Å². The van der Waals surface area contributed by atoms with E-state index in [9.17, 15) is 9.18 Å². The molecule has 1 aromatic heterocycles. The quantitative estimate of drug-likeness (QED) is 0.682. The van der Waals surface area contributed by atoms with Gasteiger partial charge in [-0.3, -0.25) is 4.79 Å². The van der Waals surface area contributed by atoms with Crippen molar-refractivity contribution in [1.82, 2.24) is 4.90 Å². The van der Waals surface area contributed by atoms with E-state index in [0.29, 0.717) is 6.54 Å². The molecule has 132 valence electrons. The highest BCUT2D eigenvalue weighted by atomic mass is 32.1. The average molecular weight is 367 g/mol. The molecule has 0 aliphatic carbocycles. The predicted octanol–water partition coefficient (Wildman–Crippen LogP) is 4.44. The van der Waals surface area contributed by atoms with Crippen LogP contribution in [0.1, 0.15) is 22.0 Å². The second-order valence-corrected chi connectivity index (χ2v) is 7.17. The molecule has 3 nitrogen and oxygen atoms in total. The summed E-state index contributed by atoms with van der Waals surface area (Å²) < 4.78 is 19.2. The number of hydrogen-bond acceptors (Lipinski definition) is 3. The van der Waals surface area contributed by atoms with Crippen LogP contribution in [0, 0.1) is 5.82 Å². The van der Waals surface area contributed by atoms with Crippen LogP contribution in [0.25, 0.3) is 0 Å². The molecule has 0 radical (unpaired) electrons. The topological polar surface area (TPSA) is 29.5 Å². The molecule has 1 amide bonds. The molecule has 0 saturated carbocycles. The van der Waals surface area contributed by atoms with Crippen molar-refractivity contribution >= 4 is 17.2 Å². The SMILES string of the molecule is O=C(COc1ccccc1F)N1CCc2sccc2[C@@H]1c1ccccc1. The highest BCUT2D eigenvalue weighted by Crippen LogP contribution is 2.37. The first-order valence-electron chi connectivity index (χ1n) is 8.52. The zero-order chi connectivity index (χ0) is 17.9. The highest BCUT2D eigenvalue weighted by molar-refractivity contribution is 7.10. The third kappa shape index (κ3) is 3.22. The highest BCUT2D eigenvalue weighted by Gasteiger charge is 2.32. The van der Waals surface area contributed by atoms with E-state index in [-0.39, 0.29) is 24.3 Å². The first-order chi connectivity index (χ1) is 12.7. The van der Waals surface area contributed by atoms with Crippen LogP contribution in [0.3, 0.4) is 0 Å². The van der Waals surface area contributed by atoms with Gasteiger partial charge in [0, 0.05) is 11.4 Å². The van der Waals surface area contributed by atoms with E-state index >= 15 is 0 Å². The molecule has 0 spiro atoms. The van der Waals surface area contributed by atoms with Crippen LogP contribution in [0.4, 0.5) is 4.39 Å². The smallest absolute Gasteiger partial charge is 0.261 e. The summed E-state index contributed by atoms with van der Waals surface area (Å²) in [5.41, 5.74) is 2.25. The molecule has 0 unspecified atom stereocenters. The van der Waals surface area contributed by atoms with E-state index in [4.69, 9.17) is 4.74 Å². The van der Waals surface area contributed by atoms with Gasteiger partial charge in [0.1, 0.15) is 0 Å². The van der Waals surface area contributed by atoms with E-state index in [1.54, 1.807) is 23.5 Å². The minimum atomic E-state index is -0.460. The van der Waals surface area contributed by atoms with Gasteiger partial charge in [-0.1, -0.05) is 42.5 Å². The molecule has 1 aliphatic rings. The van der Waals surface area contributed by atoms with Crippen LogP contribution >= 0.6 is 11.3 Å². The fraction of sp³-hybridized carbons (Fsp3) is 0.190. The first-order valence-corrected chi connectivity index (χ1v) is 9.40.